The van der Waals surface area contributed by atoms with Crippen molar-refractivity contribution in [2.24, 2.45) is 0 Å². The van der Waals surface area contributed by atoms with E-state index in [1.54, 1.807) is 20.8 Å². The molecule has 0 heterocycles. The summed E-state index contributed by atoms with van der Waals surface area (Å²) >= 11 is 0. The van der Waals surface area contributed by atoms with Gasteiger partial charge in [0.25, 0.3) is 0 Å². The number of rotatable bonds is 7. The first-order valence-electron chi connectivity index (χ1n) is 8.05. The van der Waals surface area contributed by atoms with Crippen molar-refractivity contribution in [1.29, 1.82) is 0 Å². The minimum Gasteiger partial charge on any atom is -0.494 e. The van der Waals surface area contributed by atoms with Gasteiger partial charge in [0.05, 0.1) is 12.2 Å². The number of amides is 1. The van der Waals surface area contributed by atoms with Gasteiger partial charge in [-0.2, -0.15) is 13.2 Å². The Morgan fingerprint density at radius 1 is 1.16 bits per heavy atom. The molecule has 5 nitrogen and oxygen atoms in total. The van der Waals surface area contributed by atoms with Crippen LogP contribution in [-0.2, 0) is 10.9 Å². The van der Waals surface area contributed by atoms with Crippen molar-refractivity contribution in [3.63, 3.8) is 0 Å². The molecule has 25 heavy (non-hydrogen) atoms. The molecule has 0 fully saturated rings. The molecule has 0 aromatic heterocycles. The highest BCUT2D eigenvalue weighted by molar-refractivity contribution is 5.67. The molecule has 0 saturated carbocycles. The normalized spacial score (nSPS) is 11.9. The second-order valence-electron chi connectivity index (χ2n) is 6.58. The van der Waals surface area contributed by atoms with Crippen molar-refractivity contribution in [2.45, 2.75) is 51.8 Å². The van der Waals surface area contributed by atoms with E-state index >= 15 is 0 Å². The lowest BCUT2D eigenvalue weighted by Gasteiger charge is -2.19. The molecule has 8 heteroatoms. The number of benzene rings is 1. The molecular formula is C17H25F3N2O3. The third-order valence-corrected chi connectivity index (χ3v) is 3.09. The highest BCUT2D eigenvalue weighted by Gasteiger charge is 2.33. The molecule has 1 rings (SSSR count). The summed E-state index contributed by atoms with van der Waals surface area (Å²) in [4.78, 5) is 11.4. The Balaban J connectivity index is 2.23. The fourth-order valence-electron chi connectivity index (χ4n) is 1.97. The summed E-state index contributed by atoms with van der Waals surface area (Å²) in [6.45, 7) is 6.10. The third kappa shape index (κ3) is 8.51. The SMILES string of the molecule is CC(C)(C)OC(=O)NCCCCCOc1ccc(N)c(C(F)(F)F)c1. The van der Waals surface area contributed by atoms with Gasteiger partial charge in [-0.05, 0) is 58.2 Å². The molecule has 1 aromatic carbocycles. The molecule has 1 aromatic rings. The van der Waals surface area contributed by atoms with Gasteiger partial charge in [0.2, 0.25) is 0 Å². The molecule has 0 spiro atoms. The van der Waals surface area contributed by atoms with E-state index in [4.69, 9.17) is 15.2 Å². The smallest absolute Gasteiger partial charge is 0.418 e. The van der Waals surface area contributed by atoms with E-state index in [1.807, 2.05) is 0 Å². The maximum absolute atomic E-state index is 12.7. The Kier molecular flexibility index (Phi) is 7.38. The summed E-state index contributed by atoms with van der Waals surface area (Å²) in [7, 11) is 0. The predicted molar refractivity (Wildman–Crippen MR) is 89.4 cm³/mol. The van der Waals surface area contributed by atoms with Crippen LogP contribution < -0.4 is 15.8 Å². The predicted octanol–water partition coefficient (Wildman–Crippen LogP) is 4.36. The molecule has 0 atom stereocenters. The van der Waals surface area contributed by atoms with Crippen LogP contribution in [0.15, 0.2) is 18.2 Å². The first-order valence-corrected chi connectivity index (χ1v) is 8.05. The number of carbonyl (C=O) groups excluding carboxylic acids is 1. The molecule has 0 aliphatic rings. The summed E-state index contributed by atoms with van der Waals surface area (Å²) in [6, 6.07) is 3.50. The Hall–Kier alpha value is -2.12. The highest BCUT2D eigenvalue weighted by Crippen LogP contribution is 2.35. The summed E-state index contributed by atoms with van der Waals surface area (Å²) in [5.41, 5.74) is 3.57. The van der Waals surface area contributed by atoms with Crippen LogP contribution in [0.1, 0.15) is 45.6 Å². The number of alkyl halides is 3. The van der Waals surface area contributed by atoms with E-state index in [-0.39, 0.29) is 18.0 Å². The number of nitrogens with two attached hydrogens (primary N) is 1. The number of nitrogens with one attached hydrogen (secondary N) is 1. The van der Waals surface area contributed by atoms with E-state index in [2.05, 4.69) is 5.32 Å². The second kappa shape index (κ2) is 8.82. The molecule has 0 aliphatic carbocycles. The van der Waals surface area contributed by atoms with Crippen LogP contribution in [0.3, 0.4) is 0 Å². The van der Waals surface area contributed by atoms with Crippen molar-refractivity contribution < 1.29 is 27.4 Å². The number of hydrogen-bond acceptors (Lipinski definition) is 4. The van der Waals surface area contributed by atoms with Crippen LogP contribution in [0, 0.1) is 0 Å². The Morgan fingerprint density at radius 2 is 1.84 bits per heavy atom. The second-order valence-corrected chi connectivity index (χ2v) is 6.58. The van der Waals surface area contributed by atoms with Crippen molar-refractivity contribution in [3.05, 3.63) is 23.8 Å². The van der Waals surface area contributed by atoms with Gasteiger partial charge in [-0.15, -0.1) is 0 Å². The van der Waals surface area contributed by atoms with Crippen LogP contribution in [-0.4, -0.2) is 24.8 Å². The van der Waals surface area contributed by atoms with Gasteiger partial charge in [0.1, 0.15) is 11.4 Å². The average molecular weight is 362 g/mol. The number of carbonyl (C=O) groups is 1. The van der Waals surface area contributed by atoms with Gasteiger partial charge >= 0.3 is 12.3 Å². The largest absolute Gasteiger partial charge is 0.494 e. The van der Waals surface area contributed by atoms with Gasteiger partial charge in [0.15, 0.2) is 0 Å². The van der Waals surface area contributed by atoms with Crippen molar-refractivity contribution >= 4 is 11.8 Å². The molecule has 3 N–H and O–H groups in total. The van der Waals surface area contributed by atoms with Crippen LogP contribution >= 0.6 is 0 Å². The number of halogens is 3. The first kappa shape index (κ1) is 20.9. The van der Waals surface area contributed by atoms with E-state index in [9.17, 15) is 18.0 Å². The molecular weight excluding hydrogens is 337 g/mol. The summed E-state index contributed by atoms with van der Waals surface area (Å²) < 4.78 is 48.7. The number of anilines is 1. The topological polar surface area (TPSA) is 73.6 Å². The zero-order valence-electron chi connectivity index (χ0n) is 14.7. The van der Waals surface area contributed by atoms with Crippen LogP contribution in [0.4, 0.5) is 23.7 Å². The molecule has 1 amide bonds. The average Bonchev–Trinajstić information content (AvgIpc) is 2.44. The number of alkyl carbamates (subject to hydrolysis) is 1. The number of ether oxygens (including phenoxy) is 2. The van der Waals surface area contributed by atoms with Crippen LogP contribution in [0.2, 0.25) is 0 Å². The summed E-state index contributed by atoms with van der Waals surface area (Å²) in [6.07, 6.45) is -2.83. The minimum absolute atomic E-state index is 0.133. The van der Waals surface area contributed by atoms with Crippen LogP contribution in [0.5, 0.6) is 5.75 Å². The summed E-state index contributed by atoms with van der Waals surface area (Å²) in [5.74, 6) is 0.133. The van der Waals surface area contributed by atoms with Gasteiger partial charge in [-0.1, -0.05) is 0 Å². The Labute approximate surface area is 145 Å². The summed E-state index contributed by atoms with van der Waals surface area (Å²) in [5, 5.41) is 2.64. The minimum atomic E-state index is -4.50. The standard InChI is InChI=1S/C17H25F3N2O3/c1-16(2,3)25-15(23)22-9-5-4-6-10-24-12-7-8-14(21)13(11-12)17(18,19)20/h7-8,11H,4-6,9-10,21H2,1-3H3,(H,22,23). The van der Waals surface area contributed by atoms with Crippen molar-refractivity contribution in [3.8, 4) is 5.75 Å². The molecule has 142 valence electrons. The molecule has 0 radical (unpaired) electrons. The van der Waals surface area contributed by atoms with Crippen molar-refractivity contribution in [2.75, 3.05) is 18.9 Å². The third-order valence-electron chi connectivity index (χ3n) is 3.09. The van der Waals surface area contributed by atoms with Gasteiger partial charge in [-0.25, -0.2) is 4.79 Å². The number of unbranched alkanes of at least 4 members (excludes halogenated alkanes) is 2. The lowest BCUT2D eigenvalue weighted by atomic mass is 10.1. The fraction of sp³-hybridized carbons (Fsp3) is 0.588. The fourth-order valence-corrected chi connectivity index (χ4v) is 1.97. The lowest BCUT2D eigenvalue weighted by molar-refractivity contribution is -0.137. The molecule has 0 bridgehead atoms. The first-order chi connectivity index (χ1) is 11.5. The quantitative estimate of drug-likeness (QED) is 0.558. The van der Waals surface area contributed by atoms with Gasteiger partial charge in [0, 0.05) is 12.2 Å². The van der Waals surface area contributed by atoms with Crippen molar-refractivity contribution in [1.82, 2.24) is 5.32 Å². The van der Waals surface area contributed by atoms with E-state index < -0.39 is 23.4 Å². The molecule has 0 unspecified atom stereocenters. The van der Waals surface area contributed by atoms with Gasteiger partial charge < -0.3 is 20.5 Å². The Morgan fingerprint density at radius 3 is 2.44 bits per heavy atom. The Bertz CT molecular complexity index is 569. The lowest BCUT2D eigenvalue weighted by Crippen LogP contribution is -2.33. The highest BCUT2D eigenvalue weighted by atomic mass is 19.4. The molecule has 0 saturated heterocycles. The monoisotopic (exact) mass is 362 g/mol. The zero-order valence-corrected chi connectivity index (χ0v) is 14.7. The van der Waals surface area contributed by atoms with E-state index in [1.165, 1.54) is 12.1 Å². The maximum Gasteiger partial charge on any atom is 0.418 e. The zero-order chi connectivity index (χ0) is 19.1. The number of nitrogen functional groups attached to an aromatic ring is 1. The van der Waals surface area contributed by atoms with E-state index in [0.717, 1.165) is 18.9 Å². The van der Waals surface area contributed by atoms with Crippen LogP contribution in [0.25, 0.3) is 0 Å². The van der Waals surface area contributed by atoms with Gasteiger partial charge in [-0.3, -0.25) is 0 Å². The number of hydrogen-bond donors (Lipinski definition) is 2. The molecule has 0 aliphatic heterocycles. The maximum atomic E-state index is 12.7. The van der Waals surface area contributed by atoms with E-state index in [0.29, 0.717) is 13.0 Å².